The average Bonchev–Trinajstić information content (AvgIpc) is 2.46. The minimum atomic E-state index is -1.07. The molecule has 0 aliphatic rings. The Morgan fingerprint density at radius 2 is 1.27 bits per heavy atom. The molecule has 0 radical (unpaired) electrons. The van der Waals surface area contributed by atoms with E-state index >= 15 is 0 Å². The van der Waals surface area contributed by atoms with Gasteiger partial charge in [0.25, 0.3) is 0 Å². The van der Waals surface area contributed by atoms with E-state index in [1.807, 2.05) is 0 Å². The molecule has 8 heteroatoms. The van der Waals surface area contributed by atoms with E-state index < -0.39 is 24.0 Å². The van der Waals surface area contributed by atoms with Crippen molar-refractivity contribution in [1.82, 2.24) is 0 Å². The highest BCUT2D eigenvalue weighted by Crippen LogP contribution is 2.22. The van der Waals surface area contributed by atoms with E-state index in [4.69, 9.17) is 21.7 Å². The Morgan fingerprint density at radius 3 is 1.50 bits per heavy atom. The summed E-state index contributed by atoms with van der Waals surface area (Å²) < 4.78 is 0. The SMILES string of the molecule is Cc1ccccc1C.NC(CSSCC(N)C(=O)O)C(=O)O. The minimum Gasteiger partial charge on any atom is -0.480 e. The zero-order chi connectivity index (χ0) is 17.1. The molecule has 2 atom stereocenters. The summed E-state index contributed by atoms with van der Waals surface area (Å²) in [7, 11) is 2.41. The molecule has 0 aliphatic heterocycles. The fraction of sp³-hybridized carbons (Fsp3) is 0.429. The van der Waals surface area contributed by atoms with Gasteiger partial charge in [-0.05, 0) is 25.0 Å². The number of aliphatic carboxylic acids is 2. The molecule has 0 aliphatic carbocycles. The fourth-order valence-corrected chi connectivity index (χ4v) is 3.28. The van der Waals surface area contributed by atoms with Crippen LogP contribution in [0.25, 0.3) is 0 Å². The first kappa shape index (κ1) is 20.8. The Balaban J connectivity index is 0.000000461. The van der Waals surface area contributed by atoms with Crippen molar-refractivity contribution in [3.63, 3.8) is 0 Å². The Bertz CT molecular complexity index is 443. The van der Waals surface area contributed by atoms with Crippen molar-refractivity contribution in [2.45, 2.75) is 25.9 Å². The van der Waals surface area contributed by atoms with E-state index in [0.717, 1.165) is 0 Å². The van der Waals surface area contributed by atoms with Gasteiger partial charge in [-0.3, -0.25) is 9.59 Å². The summed E-state index contributed by atoms with van der Waals surface area (Å²) in [6.45, 7) is 4.24. The second kappa shape index (κ2) is 11.4. The zero-order valence-corrected chi connectivity index (χ0v) is 14.2. The first-order valence-corrected chi connectivity index (χ1v) is 8.98. The molecule has 22 heavy (non-hydrogen) atoms. The molecule has 1 rings (SSSR count). The number of rotatable bonds is 7. The number of carboxylic acid groups (broad SMARTS) is 2. The van der Waals surface area contributed by atoms with Crippen LogP contribution in [-0.4, -0.2) is 45.7 Å². The average molecular weight is 346 g/mol. The zero-order valence-electron chi connectivity index (χ0n) is 12.6. The molecule has 2 unspecified atom stereocenters. The number of aryl methyl sites for hydroxylation is 2. The largest absolute Gasteiger partial charge is 0.480 e. The maximum absolute atomic E-state index is 10.3. The van der Waals surface area contributed by atoms with Crippen molar-refractivity contribution in [2.75, 3.05) is 11.5 Å². The number of hydrogen-bond donors (Lipinski definition) is 4. The Kier molecular flexibility index (Phi) is 10.7. The molecule has 0 amide bonds. The highest BCUT2D eigenvalue weighted by Gasteiger charge is 2.14. The first-order chi connectivity index (χ1) is 10.3. The van der Waals surface area contributed by atoms with Crippen molar-refractivity contribution in [1.29, 1.82) is 0 Å². The summed E-state index contributed by atoms with van der Waals surface area (Å²) in [5.74, 6) is -1.68. The lowest BCUT2D eigenvalue weighted by atomic mass is 10.1. The maximum Gasteiger partial charge on any atom is 0.321 e. The molecular formula is C14H22N2O4S2. The van der Waals surface area contributed by atoms with Gasteiger partial charge in [0.1, 0.15) is 12.1 Å². The van der Waals surface area contributed by atoms with E-state index in [2.05, 4.69) is 38.1 Å². The highest BCUT2D eigenvalue weighted by atomic mass is 33.1. The molecule has 0 saturated heterocycles. The maximum atomic E-state index is 10.3. The fourth-order valence-electron chi connectivity index (χ4n) is 1.05. The summed E-state index contributed by atoms with van der Waals surface area (Å²) in [4.78, 5) is 20.5. The lowest BCUT2D eigenvalue weighted by molar-refractivity contribution is -0.138. The van der Waals surface area contributed by atoms with E-state index in [1.54, 1.807) is 0 Å². The van der Waals surface area contributed by atoms with Crippen LogP contribution in [0.5, 0.6) is 0 Å². The van der Waals surface area contributed by atoms with Crippen LogP contribution in [0.2, 0.25) is 0 Å². The minimum absolute atomic E-state index is 0.229. The van der Waals surface area contributed by atoms with Crippen molar-refractivity contribution < 1.29 is 19.8 Å². The van der Waals surface area contributed by atoms with Gasteiger partial charge in [-0.15, -0.1) is 0 Å². The highest BCUT2D eigenvalue weighted by molar-refractivity contribution is 8.76. The molecule has 0 heterocycles. The van der Waals surface area contributed by atoms with Crippen molar-refractivity contribution in [2.24, 2.45) is 11.5 Å². The summed E-state index contributed by atoms with van der Waals surface area (Å²) >= 11 is 0. The third-order valence-corrected chi connectivity index (χ3v) is 5.11. The summed E-state index contributed by atoms with van der Waals surface area (Å²) in [5, 5.41) is 16.8. The molecule has 0 fully saturated rings. The Hall–Kier alpha value is -1.22. The van der Waals surface area contributed by atoms with Crippen LogP contribution in [0.4, 0.5) is 0 Å². The van der Waals surface area contributed by atoms with Gasteiger partial charge in [0.05, 0.1) is 0 Å². The van der Waals surface area contributed by atoms with Crippen LogP contribution in [0, 0.1) is 13.8 Å². The molecule has 0 aromatic heterocycles. The molecule has 1 aromatic rings. The van der Waals surface area contributed by atoms with Crippen molar-refractivity contribution in [3.8, 4) is 0 Å². The molecule has 0 saturated carbocycles. The van der Waals surface area contributed by atoms with Gasteiger partial charge in [0.15, 0.2) is 0 Å². The molecule has 6 N–H and O–H groups in total. The van der Waals surface area contributed by atoms with Crippen LogP contribution in [0.15, 0.2) is 24.3 Å². The van der Waals surface area contributed by atoms with E-state index in [1.165, 1.54) is 32.7 Å². The number of carboxylic acids is 2. The van der Waals surface area contributed by atoms with Crippen LogP contribution < -0.4 is 11.5 Å². The number of hydrogen-bond acceptors (Lipinski definition) is 6. The van der Waals surface area contributed by atoms with E-state index in [0.29, 0.717) is 0 Å². The van der Waals surface area contributed by atoms with Crippen molar-refractivity contribution >= 4 is 33.5 Å². The number of benzene rings is 1. The second-order valence-corrected chi connectivity index (χ2v) is 7.10. The Labute approximate surface area is 138 Å². The summed E-state index contributed by atoms with van der Waals surface area (Å²) in [6, 6.07) is 6.51. The molecule has 0 bridgehead atoms. The number of nitrogens with two attached hydrogens (primary N) is 2. The normalized spacial score (nSPS) is 12.7. The predicted molar refractivity (Wildman–Crippen MR) is 92.1 cm³/mol. The van der Waals surface area contributed by atoms with Gasteiger partial charge in [-0.25, -0.2) is 0 Å². The summed E-state index contributed by atoms with van der Waals surface area (Å²) in [6.07, 6.45) is 0. The lowest BCUT2D eigenvalue weighted by Gasteiger charge is -2.07. The van der Waals surface area contributed by atoms with E-state index in [9.17, 15) is 9.59 Å². The van der Waals surface area contributed by atoms with Crippen molar-refractivity contribution in [3.05, 3.63) is 35.4 Å². The van der Waals surface area contributed by atoms with Crippen LogP contribution >= 0.6 is 21.6 Å². The van der Waals surface area contributed by atoms with Gasteiger partial charge in [-0.2, -0.15) is 0 Å². The van der Waals surface area contributed by atoms with Gasteiger partial charge in [0, 0.05) is 11.5 Å². The Morgan fingerprint density at radius 1 is 0.955 bits per heavy atom. The van der Waals surface area contributed by atoms with Crippen LogP contribution in [0.1, 0.15) is 11.1 Å². The topological polar surface area (TPSA) is 127 Å². The monoisotopic (exact) mass is 346 g/mol. The molecular weight excluding hydrogens is 324 g/mol. The quantitative estimate of drug-likeness (QED) is 0.432. The molecule has 6 nitrogen and oxygen atoms in total. The van der Waals surface area contributed by atoms with Gasteiger partial charge in [0.2, 0.25) is 0 Å². The third kappa shape index (κ3) is 9.67. The lowest BCUT2D eigenvalue weighted by Crippen LogP contribution is -2.33. The molecule has 124 valence electrons. The van der Waals surface area contributed by atoms with Gasteiger partial charge in [-0.1, -0.05) is 45.9 Å². The smallest absolute Gasteiger partial charge is 0.321 e. The van der Waals surface area contributed by atoms with Crippen LogP contribution in [-0.2, 0) is 9.59 Å². The van der Waals surface area contributed by atoms with Gasteiger partial charge >= 0.3 is 11.9 Å². The standard InChI is InChI=1S/C8H10.C6H12N2O4S2/c1-7-5-3-4-6-8(7)2;7-3(5(9)10)1-13-14-2-4(8)6(11)12/h3-6H,1-2H3;3-4H,1-2,7-8H2,(H,9,10)(H,11,12). The van der Waals surface area contributed by atoms with Crippen LogP contribution in [0.3, 0.4) is 0 Å². The summed E-state index contributed by atoms with van der Waals surface area (Å²) in [5.41, 5.74) is 13.2. The molecule has 1 aromatic carbocycles. The van der Waals surface area contributed by atoms with E-state index in [-0.39, 0.29) is 11.5 Å². The molecule has 0 spiro atoms. The second-order valence-electron chi connectivity index (χ2n) is 4.54. The third-order valence-electron chi connectivity index (χ3n) is 2.64. The number of carbonyl (C=O) groups is 2. The predicted octanol–water partition coefficient (Wildman–Crippen LogP) is 1.50. The van der Waals surface area contributed by atoms with Gasteiger partial charge < -0.3 is 21.7 Å². The first-order valence-electron chi connectivity index (χ1n) is 6.49.